The summed E-state index contributed by atoms with van der Waals surface area (Å²) in [5.74, 6) is 0.118. The molecular formula is C24H20N2O5S. The summed E-state index contributed by atoms with van der Waals surface area (Å²) >= 11 is 0.844. The van der Waals surface area contributed by atoms with Gasteiger partial charge in [0.15, 0.2) is 18.1 Å². The van der Waals surface area contributed by atoms with Gasteiger partial charge in [-0.25, -0.2) is 0 Å². The fourth-order valence-electron chi connectivity index (χ4n) is 3.18. The van der Waals surface area contributed by atoms with Gasteiger partial charge < -0.3 is 14.8 Å². The molecule has 0 bridgehead atoms. The number of rotatable bonds is 7. The second kappa shape index (κ2) is 9.57. The van der Waals surface area contributed by atoms with Gasteiger partial charge in [0.1, 0.15) is 0 Å². The maximum absolute atomic E-state index is 12.4. The van der Waals surface area contributed by atoms with Gasteiger partial charge in [-0.05, 0) is 65.4 Å². The molecule has 0 spiro atoms. The largest absolute Gasteiger partial charge is 0.490 e. The van der Waals surface area contributed by atoms with Crippen LogP contribution >= 0.6 is 11.8 Å². The topological polar surface area (TPSA) is 93.7 Å². The SMILES string of the molecule is CCOc1cc(/C=C2\SC(=O)NC2=O)ccc1OCC(=O)Nc1ccc2ccccc2c1. The number of anilines is 1. The summed E-state index contributed by atoms with van der Waals surface area (Å²) in [5.41, 5.74) is 1.36. The van der Waals surface area contributed by atoms with E-state index in [4.69, 9.17) is 9.47 Å². The third kappa shape index (κ3) is 5.09. The summed E-state index contributed by atoms with van der Waals surface area (Å²) in [4.78, 5) is 35.8. The Balaban J connectivity index is 1.43. The van der Waals surface area contributed by atoms with Gasteiger partial charge in [0, 0.05) is 5.69 Å². The van der Waals surface area contributed by atoms with E-state index < -0.39 is 11.1 Å². The minimum Gasteiger partial charge on any atom is -0.490 e. The van der Waals surface area contributed by atoms with Crippen molar-refractivity contribution < 1.29 is 23.9 Å². The van der Waals surface area contributed by atoms with Gasteiger partial charge in [-0.15, -0.1) is 0 Å². The molecule has 1 fully saturated rings. The molecule has 1 heterocycles. The number of imide groups is 1. The zero-order chi connectivity index (χ0) is 22.5. The van der Waals surface area contributed by atoms with E-state index in [1.807, 2.05) is 49.4 Å². The summed E-state index contributed by atoms with van der Waals surface area (Å²) in [7, 11) is 0. The average molecular weight is 449 g/mol. The molecule has 7 nitrogen and oxygen atoms in total. The van der Waals surface area contributed by atoms with Crippen LogP contribution < -0.4 is 20.1 Å². The van der Waals surface area contributed by atoms with Crippen molar-refractivity contribution in [1.29, 1.82) is 0 Å². The Labute approximate surface area is 188 Å². The summed E-state index contributed by atoms with van der Waals surface area (Å²) in [6.07, 6.45) is 1.60. The standard InChI is InChI=1S/C24H20N2O5S/c1-2-30-20-11-15(12-21-23(28)26-24(29)32-21)7-10-19(20)31-14-22(27)25-18-9-8-16-5-3-4-6-17(16)13-18/h3-13H,2,14H2,1H3,(H,25,27)(H,26,28,29)/b21-12-. The van der Waals surface area contributed by atoms with Crippen molar-refractivity contribution in [3.63, 3.8) is 0 Å². The molecule has 1 aliphatic rings. The van der Waals surface area contributed by atoms with E-state index >= 15 is 0 Å². The van der Waals surface area contributed by atoms with Crippen LogP contribution in [0.4, 0.5) is 10.5 Å². The monoisotopic (exact) mass is 448 g/mol. The van der Waals surface area contributed by atoms with E-state index in [0.717, 1.165) is 22.5 Å². The van der Waals surface area contributed by atoms with Crippen LogP contribution in [0.5, 0.6) is 11.5 Å². The van der Waals surface area contributed by atoms with Gasteiger partial charge in [-0.2, -0.15) is 0 Å². The number of carbonyl (C=O) groups excluding carboxylic acids is 3. The number of thioether (sulfide) groups is 1. The molecule has 0 unspecified atom stereocenters. The minimum atomic E-state index is -0.427. The maximum Gasteiger partial charge on any atom is 0.290 e. The van der Waals surface area contributed by atoms with Crippen LogP contribution in [0.25, 0.3) is 16.8 Å². The van der Waals surface area contributed by atoms with Crippen LogP contribution in [0.3, 0.4) is 0 Å². The van der Waals surface area contributed by atoms with E-state index in [0.29, 0.717) is 34.3 Å². The third-order valence-corrected chi connectivity index (χ3v) is 5.41. The van der Waals surface area contributed by atoms with Crippen molar-refractivity contribution in [3.8, 4) is 11.5 Å². The van der Waals surface area contributed by atoms with E-state index in [2.05, 4.69) is 10.6 Å². The highest BCUT2D eigenvalue weighted by atomic mass is 32.2. The van der Waals surface area contributed by atoms with E-state index in [9.17, 15) is 14.4 Å². The molecule has 3 aromatic carbocycles. The van der Waals surface area contributed by atoms with Crippen molar-refractivity contribution in [3.05, 3.63) is 71.1 Å². The van der Waals surface area contributed by atoms with Crippen LogP contribution in [0.2, 0.25) is 0 Å². The number of fused-ring (bicyclic) bond motifs is 1. The lowest BCUT2D eigenvalue weighted by atomic mass is 10.1. The first kappa shape index (κ1) is 21.5. The summed E-state index contributed by atoms with van der Waals surface area (Å²) in [6.45, 7) is 2.04. The first-order valence-corrected chi connectivity index (χ1v) is 10.8. The number of amides is 3. The first-order valence-electron chi connectivity index (χ1n) is 9.95. The molecule has 0 atom stereocenters. The van der Waals surface area contributed by atoms with Gasteiger partial charge in [-0.1, -0.05) is 36.4 Å². The average Bonchev–Trinajstić information content (AvgIpc) is 3.09. The van der Waals surface area contributed by atoms with Crippen molar-refractivity contribution in [2.45, 2.75) is 6.92 Å². The number of nitrogens with one attached hydrogen (secondary N) is 2. The van der Waals surface area contributed by atoms with Crippen LogP contribution in [0, 0.1) is 0 Å². The van der Waals surface area contributed by atoms with Crippen molar-refractivity contribution in [1.82, 2.24) is 5.32 Å². The van der Waals surface area contributed by atoms with Crippen molar-refractivity contribution in [2.75, 3.05) is 18.5 Å². The molecule has 0 radical (unpaired) electrons. The predicted octanol–water partition coefficient (Wildman–Crippen LogP) is 4.58. The Kier molecular flexibility index (Phi) is 6.42. The van der Waals surface area contributed by atoms with Crippen LogP contribution in [-0.2, 0) is 9.59 Å². The van der Waals surface area contributed by atoms with Crippen LogP contribution in [0.1, 0.15) is 12.5 Å². The molecular weight excluding hydrogens is 428 g/mol. The Morgan fingerprint density at radius 1 is 1.00 bits per heavy atom. The maximum atomic E-state index is 12.4. The molecule has 0 aliphatic carbocycles. The smallest absolute Gasteiger partial charge is 0.290 e. The third-order valence-electron chi connectivity index (χ3n) is 4.60. The fourth-order valence-corrected chi connectivity index (χ4v) is 3.86. The lowest BCUT2D eigenvalue weighted by Gasteiger charge is -2.13. The molecule has 3 amide bonds. The fraction of sp³-hybridized carbons (Fsp3) is 0.125. The minimum absolute atomic E-state index is 0.194. The predicted molar refractivity (Wildman–Crippen MR) is 125 cm³/mol. The quantitative estimate of drug-likeness (QED) is 0.514. The lowest BCUT2D eigenvalue weighted by molar-refractivity contribution is -0.118. The molecule has 1 aliphatic heterocycles. The van der Waals surface area contributed by atoms with Crippen LogP contribution in [-0.4, -0.2) is 30.3 Å². The van der Waals surface area contributed by atoms with Crippen molar-refractivity contribution >= 4 is 51.4 Å². The van der Waals surface area contributed by atoms with E-state index in [-0.39, 0.29) is 12.5 Å². The zero-order valence-corrected chi connectivity index (χ0v) is 18.0. The Morgan fingerprint density at radius 3 is 2.56 bits per heavy atom. The number of carbonyl (C=O) groups is 3. The highest BCUT2D eigenvalue weighted by Crippen LogP contribution is 2.32. The highest BCUT2D eigenvalue weighted by molar-refractivity contribution is 8.18. The highest BCUT2D eigenvalue weighted by Gasteiger charge is 2.25. The van der Waals surface area contributed by atoms with Gasteiger partial charge >= 0.3 is 0 Å². The van der Waals surface area contributed by atoms with E-state index in [1.165, 1.54) is 0 Å². The Hall–Kier alpha value is -3.78. The molecule has 32 heavy (non-hydrogen) atoms. The second-order valence-corrected chi connectivity index (χ2v) is 7.90. The van der Waals surface area contributed by atoms with Gasteiger partial charge in [-0.3, -0.25) is 19.7 Å². The molecule has 0 aromatic heterocycles. The Morgan fingerprint density at radius 2 is 1.81 bits per heavy atom. The molecule has 3 aromatic rings. The van der Waals surface area contributed by atoms with Gasteiger partial charge in [0.2, 0.25) is 0 Å². The summed E-state index contributed by atoms with van der Waals surface area (Å²) < 4.78 is 11.3. The second-order valence-electron chi connectivity index (χ2n) is 6.89. The van der Waals surface area contributed by atoms with Gasteiger partial charge in [0.25, 0.3) is 17.1 Å². The number of hydrogen-bond donors (Lipinski definition) is 2. The molecule has 162 valence electrons. The lowest BCUT2D eigenvalue weighted by Crippen LogP contribution is -2.20. The number of hydrogen-bond acceptors (Lipinski definition) is 6. The van der Waals surface area contributed by atoms with Crippen molar-refractivity contribution in [2.24, 2.45) is 0 Å². The molecule has 4 rings (SSSR count). The summed E-state index contributed by atoms with van der Waals surface area (Å²) in [5, 5.41) is 6.78. The molecule has 0 saturated carbocycles. The normalized spacial score (nSPS) is 14.5. The molecule has 1 saturated heterocycles. The number of ether oxygens (including phenoxy) is 2. The number of benzene rings is 3. The molecule has 8 heteroatoms. The first-order chi connectivity index (χ1) is 15.5. The van der Waals surface area contributed by atoms with Gasteiger partial charge in [0.05, 0.1) is 11.5 Å². The summed E-state index contributed by atoms with van der Waals surface area (Å²) in [6, 6.07) is 18.7. The Bertz CT molecular complexity index is 1240. The van der Waals surface area contributed by atoms with Crippen LogP contribution in [0.15, 0.2) is 65.6 Å². The molecule has 2 N–H and O–H groups in total. The zero-order valence-electron chi connectivity index (χ0n) is 17.2. The van der Waals surface area contributed by atoms with E-state index in [1.54, 1.807) is 24.3 Å².